The number of guanidine groups is 1. The number of hydrogen-bond donors (Lipinski definition) is 2. The molecule has 28 heavy (non-hydrogen) atoms. The molecule has 0 unspecified atom stereocenters. The van der Waals surface area contributed by atoms with Gasteiger partial charge in [-0.15, -0.1) is 0 Å². The van der Waals surface area contributed by atoms with Gasteiger partial charge in [0.1, 0.15) is 5.75 Å². The quantitative estimate of drug-likeness (QED) is 0.358. The van der Waals surface area contributed by atoms with Crippen LogP contribution in [0.3, 0.4) is 0 Å². The highest BCUT2D eigenvalue weighted by Crippen LogP contribution is 2.38. The average molecular weight is 402 g/mol. The Morgan fingerprint density at radius 2 is 2.00 bits per heavy atom. The van der Waals surface area contributed by atoms with Crippen LogP contribution in [0.15, 0.2) is 17.1 Å². The minimum Gasteiger partial charge on any atom is -0.454 e. The van der Waals surface area contributed by atoms with Crippen LogP contribution in [0.1, 0.15) is 5.56 Å². The zero-order valence-electron chi connectivity index (χ0n) is 16.0. The van der Waals surface area contributed by atoms with E-state index in [1.54, 1.807) is 27.3 Å². The third kappa shape index (κ3) is 6.41. The van der Waals surface area contributed by atoms with Gasteiger partial charge in [-0.3, -0.25) is 4.79 Å². The smallest absolute Gasteiger partial charge is 0.387 e. The summed E-state index contributed by atoms with van der Waals surface area (Å²) in [6.45, 7) is -2.08. The van der Waals surface area contributed by atoms with Crippen LogP contribution in [0.2, 0.25) is 0 Å². The predicted molar refractivity (Wildman–Crippen MR) is 96.9 cm³/mol. The molecule has 9 nitrogen and oxygen atoms in total. The molecule has 0 bridgehead atoms. The summed E-state index contributed by atoms with van der Waals surface area (Å²) in [5.41, 5.74) is 0.385. The van der Waals surface area contributed by atoms with E-state index in [1.165, 1.54) is 11.0 Å². The second kappa shape index (κ2) is 10.5. The highest BCUT2D eigenvalue weighted by molar-refractivity contribution is 5.86. The second-order valence-corrected chi connectivity index (χ2v) is 5.92. The van der Waals surface area contributed by atoms with Gasteiger partial charge < -0.3 is 34.5 Å². The number of nitrogens with zero attached hydrogens (tertiary/aromatic N) is 2. The lowest BCUT2D eigenvalue weighted by Gasteiger charge is -2.15. The Balaban J connectivity index is 2.15. The lowest BCUT2D eigenvalue weighted by molar-refractivity contribution is -0.127. The number of ether oxygens (including phenoxy) is 4. The third-order valence-electron chi connectivity index (χ3n) is 3.68. The van der Waals surface area contributed by atoms with Gasteiger partial charge in [0.15, 0.2) is 17.5 Å². The maximum Gasteiger partial charge on any atom is 0.387 e. The van der Waals surface area contributed by atoms with Gasteiger partial charge in [0.05, 0.1) is 19.7 Å². The first-order chi connectivity index (χ1) is 13.4. The zero-order chi connectivity index (χ0) is 20.5. The van der Waals surface area contributed by atoms with Gasteiger partial charge in [0, 0.05) is 39.4 Å². The molecule has 2 N–H and O–H groups in total. The molecular formula is C17H24F2N4O5. The molecule has 0 aliphatic carbocycles. The van der Waals surface area contributed by atoms with Crippen molar-refractivity contribution in [1.29, 1.82) is 0 Å². The summed E-state index contributed by atoms with van der Waals surface area (Å²) in [5.74, 6) is 0.885. The summed E-state index contributed by atoms with van der Waals surface area (Å²) >= 11 is 0. The van der Waals surface area contributed by atoms with E-state index >= 15 is 0 Å². The number of carbonyl (C=O) groups is 1. The SMILES string of the molecule is COCCNC(=NCc1cc2c(cc1OC(F)F)OCO2)NCC(=O)N(C)C. The molecule has 1 aliphatic heterocycles. The Morgan fingerprint density at radius 3 is 2.64 bits per heavy atom. The molecular weight excluding hydrogens is 378 g/mol. The van der Waals surface area contributed by atoms with Gasteiger partial charge >= 0.3 is 6.61 Å². The summed E-state index contributed by atoms with van der Waals surface area (Å²) in [7, 11) is 4.83. The van der Waals surface area contributed by atoms with Gasteiger partial charge in [-0.05, 0) is 6.07 Å². The van der Waals surface area contributed by atoms with Crippen LogP contribution in [0.5, 0.6) is 17.2 Å². The molecule has 0 spiro atoms. The summed E-state index contributed by atoms with van der Waals surface area (Å²) in [5, 5.41) is 5.89. The number of rotatable bonds is 9. The van der Waals surface area contributed by atoms with Crippen LogP contribution >= 0.6 is 0 Å². The van der Waals surface area contributed by atoms with Crippen molar-refractivity contribution < 1.29 is 32.5 Å². The molecule has 0 radical (unpaired) electrons. The van der Waals surface area contributed by atoms with E-state index in [2.05, 4.69) is 20.4 Å². The summed E-state index contributed by atoms with van der Waals surface area (Å²) in [4.78, 5) is 17.6. The van der Waals surface area contributed by atoms with Crippen molar-refractivity contribution in [3.8, 4) is 17.2 Å². The van der Waals surface area contributed by atoms with Crippen LogP contribution in [-0.4, -0.2) is 71.1 Å². The molecule has 11 heteroatoms. The number of amides is 1. The number of fused-ring (bicyclic) bond motifs is 1. The minimum atomic E-state index is -2.99. The van der Waals surface area contributed by atoms with E-state index < -0.39 is 6.61 Å². The number of carbonyl (C=O) groups excluding carboxylic acids is 1. The molecule has 1 aromatic carbocycles. The molecule has 1 amide bonds. The van der Waals surface area contributed by atoms with Crippen LogP contribution < -0.4 is 24.8 Å². The molecule has 0 fully saturated rings. The molecule has 2 rings (SSSR count). The number of aliphatic imine (C=N–C) groups is 1. The van der Waals surface area contributed by atoms with Gasteiger partial charge in [-0.25, -0.2) is 4.99 Å². The van der Waals surface area contributed by atoms with Gasteiger partial charge in [0.2, 0.25) is 12.7 Å². The number of methoxy groups -OCH3 is 1. The second-order valence-electron chi connectivity index (χ2n) is 5.92. The highest BCUT2D eigenvalue weighted by Gasteiger charge is 2.20. The Hall–Kier alpha value is -2.82. The molecule has 0 saturated carbocycles. The van der Waals surface area contributed by atoms with Crippen molar-refractivity contribution >= 4 is 11.9 Å². The fourth-order valence-electron chi connectivity index (χ4n) is 2.22. The predicted octanol–water partition coefficient (Wildman–Crippen LogP) is 0.787. The average Bonchev–Trinajstić information content (AvgIpc) is 3.09. The van der Waals surface area contributed by atoms with Crippen molar-refractivity contribution in [1.82, 2.24) is 15.5 Å². The monoisotopic (exact) mass is 402 g/mol. The van der Waals surface area contributed by atoms with E-state index in [0.717, 1.165) is 0 Å². The number of halogens is 2. The maximum absolute atomic E-state index is 12.7. The number of benzene rings is 1. The topological polar surface area (TPSA) is 93.6 Å². The van der Waals surface area contributed by atoms with E-state index in [4.69, 9.17) is 14.2 Å². The Kier molecular flexibility index (Phi) is 8.05. The normalized spacial score (nSPS) is 12.9. The molecule has 1 aromatic rings. The minimum absolute atomic E-state index is 0.00813. The molecule has 1 heterocycles. The summed E-state index contributed by atoms with van der Waals surface area (Å²) in [6, 6.07) is 2.89. The van der Waals surface area contributed by atoms with Crippen molar-refractivity contribution in [3.63, 3.8) is 0 Å². The number of alkyl halides is 2. The van der Waals surface area contributed by atoms with Crippen LogP contribution in [0, 0.1) is 0 Å². The largest absolute Gasteiger partial charge is 0.454 e. The zero-order valence-corrected chi connectivity index (χ0v) is 16.0. The van der Waals surface area contributed by atoms with E-state index in [9.17, 15) is 13.6 Å². The van der Waals surface area contributed by atoms with E-state index in [0.29, 0.717) is 36.2 Å². The molecule has 1 aliphatic rings. The third-order valence-corrected chi connectivity index (χ3v) is 3.68. The number of likely N-dealkylation sites (N-methyl/N-ethyl adjacent to an activating group) is 1. The molecule has 0 atom stereocenters. The Bertz CT molecular complexity index is 700. The van der Waals surface area contributed by atoms with E-state index in [1.807, 2.05) is 0 Å². The van der Waals surface area contributed by atoms with Crippen molar-refractivity contribution in [2.45, 2.75) is 13.2 Å². The molecule has 156 valence electrons. The first-order valence-electron chi connectivity index (χ1n) is 8.49. The first-order valence-corrected chi connectivity index (χ1v) is 8.49. The van der Waals surface area contributed by atoms with Crippen molar-refractivity contribution in [3.05, 3.63) is 17.7 Å². The van der Waals surface area contributed by atoms with Gasteiger partial charge in [-0.1, -0.05) is 0 Å². The number of hydrogen-bond acceptors (Lipinski definition) is 6. The summed E-state index contributed by atoms with van der Waals surface area (Å²) < 4.78 is 45.5. The lowest BCUT2D eigenvalue weighted by atomic mass is 10.1. The van der Waals surface area contributed by atoms with Crippen LogP contribution in [0.4, 0.5) is 8.78 Å². The summed E-state index contributed by atoms with van der Waals surface area (Å²) in [6.07, 6.45) is 0. The molecule has 0 aromatic heterocycles. The Morgan fingerprint density at radius 1 is 1.29 bits per heavy atom. The lowest BCUT2D eigenvalue weighted by Crippen LogP contribution is -2.43. The Labute approximate surface area is 161 Å². The van der Waals surface area contributed by atoms with Gasteiger partial charge in [-0.2, -0.15) is 8.78 Å². The van der Waals surface area contributed by atoms with Crippen molar-refractivity contribution in [2.24, 2.45) is 4.99 Å². The van der Waals surface area contributed by atoms with Crippen molar-refractivity contribution in [2.75, 3.05) is 47.7 Å². The standard InChI is InChI=1S/C17H24F2N4O5/c1-23(2)15(24)9-22-17(20-4-5-25-3)21-8-11-6-13-14(27-10-26-13)7-12(11)28-16(18)19/h6-7,16H,4-5,8-10H2,1-3H3,(H2,20,21,22). The molecule has 0 saturated heterocycles. The van der Waals surface area contributed by atoms with Crippen LogP contribution in [-0.2, 0) is 16.1 Å². The van der Waals surface area contributed by atoms with Crippen LogP contribution in [0.25, 0.3) is 0 Å². The van der Waals surface area contributed by atoms with Gasteiger partial charge in [0.25, 0.3) is 0 Å². The van der Waals surface area contributed by atoms with E-state index in [-0.39, 0.29) is 31.5 Å². The fraction of sp³-hybridized carbons (Fsp3) is 0.529. The first kappa shape index (κ1) is 21.5. The highest BCUT2D eigenvalue weighted by atomic mass is 19.3. The fourth-order valence-corrected chi connectivity index (χ4v) is 2.22. The number of nitrogens with one attached hydrogen (secondary N) is 2. The maximum atomic E-state index is 12.7.